The number of hydrogen-bond donors (Lipinski definition) is 1. The molecule has 0 amide bonds. The van der Waals surface area contributed by atoms with Gasteiger partial charge in [-0.15, -0.1) is 5.10 Å². The Labute approximate surface area is 191 Å². The van der Waals surface area contributed by atoms with E-state index < -0.39 is 0 Å². The Bertz CT molecular complexity index is 1300. The second-order valence-electron chi connectivity index (χ2n) is 7.91. The van der Waals surface area contributed by atoms with Crippen molar-refractivity contribution >= 4 is 23.8 Å². The summed E-state index contributed by atoms with van der Waals surface area (Å²) in [4.78, 5) is 5.60. The monoisotopic (exact) mass is 448 g/mol. The smallest absolute Gasteiger partial charge is 0.207 e. The molecule has 0 radical (unpaired) electrons. The Hall–Kier alpha value is -2.80. The number of nitrogens with one attached hydrogen (secondary N) is 1. The van der Waals surface area contributed by atoms with Crippen LogP contribution in [-0.2, 0) is 19.6 Å². The number of quaternary nitrogens is 1. The van der Waals surface area contributed by atoms with Crippen molar-refractivity contribution in [2.24, 2.45) is 0 Å². The molecule has 31 heavy (non-hydrogen) atoms. The van der Waals surface area contributed by atoms with Gasteiger partial charge in [-0.05, 0) is 54.5 Å². The van der Waals surface area contributed by atoms with Gasteiger partial charge in [0.25, 0.3) is 0 Å². The fourth-order valence-electron chi connectivity index (χ4n) is 4.24. The van der Waals surface area contributed by atoms with Gasteiger partial charge in [-0.2, -0.15) is 4.68 Å². The van der Waals surface area contributed by atoms with Crippen LogP contribution in [0.15, 0.2) is 67.0 Å². The average molecular weight is 449 g/mol. The lowest BCUT2D eigenvalue weighted by Gasteiger charge is -2.25. The van der Waals surface area contributed by atoms with Gasteiger partial charge in [0.05, 0.1) is 12.2 Å². The van der Waals surface area contributed by atoms with Crippen LogP contribution in [0.4, 0.5) is 0 Å². The van der Waals surface area contributed by atoms with Gasteiger partial charge >= 0.3 is 0 Å². The first-order chi connectivity index (χ1) is 15.1. The van der Waals surface area contributed by atoms with Gasteiger partial charge in [0.1, 0.15) is 6.54 Å². The molecular weight excluding hydrogens is 426 g/mol. The molecular formula is C24H23ClN5S+. The Morgan fingerprint density at radius 1 is 1.03 bits per heavy atom. The number of benzene rings is 2. The number of aromatic nitrogens is 4. The summed E-state index contributed by atoms with van der Waals surface area (Å²) >= 11 is 12.4. The van der Waals surface area contributed by atoms with Crippen LogP contribution in [0, 0.1) is 11.7 Å². The van der Waals surface area contributed by atoms with E-state index in [0.717, 1.165) is 48.8 Å². The molecule has 0 bridgehead atoms. The van der Waals surface area contributed by atoms with E-state index >= 15 is 0 Å². The highest BCUT2D eigenvalue weighted by Crippen LogP contribution is 2.27. The molecule has 5 nitrogen and oxygen atoms in total. The molecule has 5 rings (SSSR count). The van der Waals surface area contributed by atoms with Crippen molar-refractivity contribution in [3.63, 3.8) is 0 Å². The van der Waals surface area contributed by atoms with Crippen molar-refractivity contribution in [3.8, 4) is 17.1 Å². The fourth-order valence-corrected chi connectivity index (χ4v) is 4.70. The lowest BCUT2D eigenvalue weighted by Crippen LogP contribution is -3.11. The minimum atomic E-state index is 0.670. The number of fused-ring (bicyclic) bond motifs is 1. The lowest BCUT2D eigenvalue weighted by atomic mass is 10.0. The summed E-state index contributed by atoms with van der Waals surface area (Å²) in [6, 6.07) is 18.5. The zero-order valence-corrected chi connectivity index (χ0v) is 18.8. The van der Waals surface area contributed by atoms with Crippen molar-refractivity contribution in [1.29, 1.82) is 0 Å². The van der Waals surface area contributed by atoms with Crippen molar-refractivity contribution in [2.75, 3.05) is 6.54 Å². The van der Waals surface area contributed by atoms with Crippen LogP contribution in [0.3, 0.4) is 0 Å². The zero-order chi connectivity index (χ0) is 21.4. The fraction of sp³-hybridized carbons (Fsp3) is 0.208. The van der Waals surface area contributed by atoms with E-state index in [2.05, 4.69) is 29.2 Å². The standard InChI is InChI=1S/C24H22ClN5S/c1-17-21(25)7-4-8-22(17)30-23(19-9-12-26-13-10-19)27-29(24(30)31)16-28-14-11-18-5-2-3-6-20(18)15-28/h2-10,12-13H,11,14-16H2,1H3/p+1. The highest BCUT2D eigenvalue weighted by Gasteiger charge is 2.22. The molecule has 0 spiro atoms. The average Bonchev–Trinajstić information content (AvgIpc) is 3.12. The molecule has 2 aromatic heterocycles. The Balaban J connectivity index is 1.58. The molecule has 3 heterocycles. The maximum atomic E-state index is 6.44. The molecule has 0 fully saturated rings. The Morgan fingerprint density at radius 2 is 1.81 bits per heavy atom. The third-order valence-electron chi connectivity index (χ3n) is 5.94. The number of rotatable bonds is 4. The summed E-state index contributed by atoms with van der Waals surface area (Å²) in [7, 11) is 0. The van der Waals surface area contributed by atoms with Crippen LogP contribution in [0.2, 0.25) is 5.02 Å². The molecule has 1 atom stereocenters. The minimum absolute atomic E-state index is 0.670. The van der Waals surface area contributed by atoms with Gasteiger partial charge in [0, 0.05) is 35.0 Å². The van der Waals surface area contributed by atoms with Gasteiger partial charge in [0.2, 0.25) is 4.77 Å². The highest BCUT2D eigenvalue weighted by molar-refractivity contribution is 7.71. The lowest BCUT2D eigenvalue weighted by molar-refractivity contribution is -0.939. The molecule has 4 aromatic rings. The van der Waals surface area contributed by atoms with Gasteiger partial charge in [-0.1, -0.05) is 41.9 Å². The predicted molar refractivity (Wildman–Crippen MR) is 125 cm³/mol. The van der Waals surface area contributed by atoms with E-state index in [1.165, 1.54) is 16.0 Å². The SMILES string of the molecule is Cc1c(Cl)cccc1-n1c(-c2ccncc2)nn(C[NH+]2CCc3ccccc3C2)c1=S. The first-order valence-corrected chi connectivity index (χ1v) is 11.2. The van der Waals surface area contributed by atoms with Crippen molar-refractivity contribution in [2.45, 2.75) is 26.6 Å². The van der Waals surface area contributed by atoms with Crippen LogP contribution in [0.5, 0.6) is 0 Å². The maximum absolute atomic E-state index is 6.44. The second kappa shape index (κ2) is 8.38. The predicted octanol–water partition coefficient (Wildman–Crippen LogP) is 4.03. The van der Waals surface area contributed by atoms with E-state index in [4.69, 9.17) is 28.9 Å². The van der Waals surface area contributed by atoms with Gasteiger partial charge < -0.3 is 4.90 Å². The van der Waals surface area contributed by atoms with Crippen molar-refractivity contribution in [1.82, 2.24) is 19.3 Å². The number of nitrogens with zero attached hydrogens (tertiary/aromatic N) is 4. The summed E-state index contributed by atoms with van der Waals surface area (Å²) in [5, 5.41) is 5.67. The first kappa shape index (κ1) is 20.1. The topological polar surface area (TPSA) is 40.1 Å². The first-order valence-electron chi connectivity index (χ1n) is 10.4. The molecule has 0 aliphatic carbocycles. The van der Waals surface area contributed by atoms with Gasteiger partial charge in [-0.3, -0.25) is 9.55 Å². The van der Waals surface area contributed by atoms with Crippen LogP contribution >= 0.6 is 23.8 Å². The summed E-state index contributed by atoms with van der Waals surface area (Å²) in [6.45, 7) is 4.77. The summed E-state index contributed by atoms with van der Waals surface area (Å²) in [6.07, 6.45) is 4.63. The summed E-state index contributed by atoms with van der Waals surface area (Å²) < 4.78 is 4.65. The van der Waals surface area contributed by atoms with E-state index in [1.807, 2.05) is 46.5 Å². The molecule has 156 valence electrons. The third-order valence-corrected chi connectivity index (χ3v) is 6.74. The largest absolute Gasteiger partial charge is 0.312 e. The van der Waals surface area contributed by atoms with E-state index in [9.17, 15) is 0 Å². The molecule has 1 unspecified atom stereocenters. The van der Waals surface area contributed by atoms with Gasteiger partial charge in [-0.25, -0.2) is 0 Å². The van der Waals surface area contributed by atoms with Crippen LogP contribution < -0.4 is 4.90 Å². The van der Waals surface area contributed by atoms with Crippen molar-refractivity contribution in [3.05, 3.63) is 93.5 Å². The number of pyridine rings is 1. The number of halogens is 1. The Kier molecular flexibility index (Phi) is 5.44. The van der Waals surface area contributed by atoms with Crippen molar-refractivity contribution < 1.29 is 4.90 Å². The van der Waals surface area contributed by atoms with Crippen LogP contribution in [0.25, 0.3) is 17.1 Å². The van der Waals surface area contributed by atoms with E-state index in [0.29, 0.717) is 9.79 Å². The highest BCUT2D eigenvalue weighted by atomic mass is 35.5. The molecule has 0 saturated carbocycles. The molecule has 7 heteroatoms. The molecule has 2 aromatic carbocycles. The molecule has 1 N–H and O–H groups in total. The quantitative estimate of drug-likeness (QED) is 0.479. The molecule has 1 aliphatic heterocycles. The normalized spacial score (nSPS) is 15.6. The maximum Gasteiger partial charge on any atom is 0.207 e. The Morgan fingerprint density at radius 3 is 2.61 bits per heavy atom. The minimum Gasteiger partial charge on any atom is -0.312 e. The third kappa shape index (κ3) is 3.83. The second-order valence-corrected chi connectivity index (χ2v) is 8.69. The summed E-state index contributed by atoms with van der Waals surface area (Å²) in [5.41, 5.74) is 5.77. The van der Waals surface area contributed by atoms with E-state index in [-0.39, 0.29) is 0 Å². The summed E-state index contributed by atoms with van der Waals surface area (Å²) in [5.74, 6) is 0.801. The molecule has 0 saturated heterocycles. The molecule has 1 aliphatic rings. The zero-order valence-electron chi connectivity index (χ0n) is 17.3. The van der Waals surface area contributed by atoms with Crippen LogP contribution in [-0.4, -0.2) is 25.9 Å². The van der Waals surface area contributed by atoms with Gasteiger partial charge in [0.15, 0.2) is 12.5 Å². The van der Waals surface area contributed by atoms with Crippen LogP contribution in [0.1, 0.15) is 16.7 Å². The van der Waals surface area contributed by atoms with E-state index in [1.54, 1.807) is 12.4 Å². The number of hydrogen-bond acceptors (Lipinski definition) is 3.